The molecule has 0 heterocycles. The quantitative estimate of drug-likeness (QED) is 0.813. The largest absolute Gasteiger partial charge is 0.497 e. The molecule has 0 aromatic heterocycles. The maximum absolute atomic E-state index is 5.15. The van der Waals surface area contributed by atoms with Gasteiger partial charge >= 0.3 is 0 Å². The Labute approximate surface area is 104 Å². The van der Waals surface area contributed by atoms with Gasteiger partial charge in [-0.05, 0) is 37.0 Å². The molecule has 0 radical (unpaired) electrons. The van der Waals surface area contributed by atoms with E-state index in [0.717, 1.165) is 18.2 Å². The van der Waals surface area contributed by atoms with Crippen molar-refractivity contribution in [1.82, 2.24) is 5.32 Å². The van der Waals surface area contributed by atoms with Gasteiger partial charge in [-0.15, -0.1) is 0 Å². The van der Waals surface area contributed by atoms with E-state index >= 15 is 0 Å². The van der Waals surface area contributed by atoms with E-state index in [0.29, 0.717) is 6.04 Å². The molecule has 1 unspecified atom stereocenters. The second-order valence-corrected chi connectivity index (χ2v) is 5.16. The van der Waals surface area contributed by atoms with E-state index in [-0.39, 0.29) is 0 Å². The summed E-state index contributed by atoms with van der Waals surface area (Å²) in [6, 6.07) is 8.92. The molecule has 1 aliphatic carbocycles. The van der Waals surface area contributed by atoms with Crippen LogP contribution in [0.1, 0.15) is 38.2 Å². The zero-order chi connectivity index (χ0) is 12.1. The third kappa shape index (κ3) is 3.74. The molecule has 0 bridgehead atoms. The van der Waals surface area contributed by atoms with Crippen molar-refractivity contribution in [2.75, 3.05) is 7.11 Å². The van der Waals surface area contributed by atoms with E-state index in [1.54, 1.807) is 7.11 Å². The summed E-state index contributed by atoms with van der Waals surface area (Å²) in [6.07, 6.45) is 5.65. The van der Waals surface area contributed by atoms with Crippen molar-refractivity contribution in [3.63, 3.8) is 0 Å². The first-order valence-electron chi connectivity index (χ1n) is 6.64. The van der Waals surface area contributed by atoms with E-state index in [4.69, 9.17) is 4.74 Å². The number of rotatable bonds is 6. The van der Waals surface area contributed by atoms with Crippen molar-refractivity contribution in [2.45, 2.75) is 45.2 Å². The van der Waals surface area contributed by atoms with Gasteiger partial charge in [-0.25, -0.2) is 0 Å². The Morgan fingerprint density at radius 1 is 1.29 bits per heavy atom. The molecule has 94 valence electrons. The van der Waals surface area contributed by atoms with Gasteiger partial charge in [-0.3, -0.25) is 0 Å². The molecule has 2 rings (SSSR count). The summed E-state index contributed by atoms with van der Waals surface area (Å²) in [5.74, 6) is 1.91. The highest BCUT2D eigenvalue weighted by Gasteiger charge is 2.19. The van der Waals surface area contributed by atoms with Crippen molar-refractivity contribution in [3.8, 4) is 5.75 Å². The lowest BCUT2D eigenvalue weighted by Crippen LogP contribution is -2.29. The molecule has 17 heavy (non-hydrogen) atoms. The zero-order valence-corrected chi connectivity index (χ0v) is 10.9. The van der Waals surface area contributed by atoms with Crippen LogP contribution in [0.25, 0.3) is 0 Å². The molecule has 0 aliphatic heterocycles. The highest BCUT2D eigenvalue weighted by Crippen LogP contribution is 2.30. The minimum absolute atomic E-state index is 0.627. The van der Waals surface area contributed by atoms with Crippen LogP contribution >= 0.6 is 0 Å². The summed E-state index contributed by atoms with van der Waals surface area (Å²) < 4.78 is 5.15. The Kier molecular flexibility index (Phi) is 4.43. The normalized spacial score (nSPS) is 17.5. The fourth-order valence-corrected chi connectivity index (χ4v) is 2.35. The lowest BCUT2D eigenvalue weighted by Gasteiger charge is -2.28. The third-order valence-corrected chi connectivity index (χ3v) is 3.73. The van der Waals surface area contributed by atoms with E-state index in [1.165, 1.54) is 31.2 Å². The second-order valence-electron chi connectivity index (χ2n) is 5.16. The molecule has 2 heteroatoms. The summed E-state index contributed by atoms with van der Waals surface area (Å²) in [4.78, 5) is 0. The average Bonchev–Trinajstić information content (AvgIpc) is 2.32. The molecule has 1 aromatic rings. The van der Waals surface area contributed by atoms with Crippen molar-refractivity contribution in [1.29, 1.82) is 0 Å². The Hall–Kier alpha value is -1.02. The molecule has 1 aromatic carbocycles. The lowest BCUT2D eigenvalue weighted by atomic mass is 9.81. The van der Waals surface area contributed by atoms with E-state index in [1.807, 2.05) is 12.1 Å². The number of hydrogen-bond acceptors (Lipinski definition) is 2. The smallest absolute Gasteiger partial charge is 0.118 e. The van der Waals surface area contributed by atoms with Crippen LogP contribution in [0.4, 0.5) is 0 Å². The van der Waals surface area contributed by atoms with Crippen molar-refractivity contribution in [3.05, 3.63) is 29.8 Å². The highest BCUT2D eigenvalue weighted by molar-refractivity contribution is 5.27. The van der Waals surface area contributed by atoms with Crippen LogP contribution in [0.5, 0.6) is 5.75 Å². The fraction of sp³-hybridized carbons (Fsp3) is 0.600. The van der Waals surface area contributed by atoms with Gasteiger partial charge in [0.1, 0.15) is 5.75 Å². The average molecular weight is 233 g/mol. The van der Waals surface area contributed by atoms with Crippen LogP contribution < -0.4 is 10.1 Å². The van der Waals surface area contributed by atoms with Crippen LogP contribution in [0.2, 0.25) is 0 Å². The number of nitrogens with one attached hydrogen (secondary N) is 1. The molecule has 1 N–H and O–H groups in total. The fourth-order valence-electron chi connectivity index (χ4n) is 2.35. The van der Waals surface area contributed by atoms with Gasteiger partial charge in [0, 0.05) is 12.6 Å². The molecule has 1 aliphatic rings. The summed E-state index contributed by atoms with van der Waals surface area (Å²) in [6.45, 7) is 3.25. The molecule has 1 fully saturated rings. The van der Waals surface area contributed by atoms with Gasteiger partial charge in [0.2, 0.25) is 0 Å². The Morgan fingerprint density at radius 2 is 2.00 bits per heavy atom. The first-order valence-corrected chi connectivity index (χ1v) is 6.64. The minimum atomic E-state index is 0.627. The molecule has 0 spiro atoms. The molecular formula is C15H23NO. The Morgan fingerprint density at radius 3 is 2.53 bits per heavy atom. The predicted molar refractivity (Wildman–Crippen MR) is 71.3 cm³/mol. The Bertz CT molecular complexity index is 329. The molecular weight excluding hydrogens is 210 g/mol. The van der Waals surface area contributed by atoms with E-state index in [2.05, 4.69) is 24.4 Å². The van der Waals surface area contributed by atoms with Crippen LogP contribution in [0.3, 0.4) is 0 Å². The number of methoxy groups -OCH3 is 1. The maximum atomic E-state index is 5.15. The van der Waals surface area contributed by atoms with Gasteiger partial charge in [-0.2, -0.15) is 0 Å². The van der Waals surface area contributed by atoms with Gasteiger partial charge in [0.15, 0.2) is 0 Å². The van der Waals surface area contributed by atoms with Gasteiger partial charge in [-0.1, -0.05) is 31.4 Å². The Balaban J connectivity index is 1.72. The molecule has 1 saturated carbocycles. The van der Waals surface area contributed by atoms with Gasteiger partial charge < -0.3 is 10.1 Å². The monoisotopic (exact) mass is 233 g/mol. The molecule has 2 nitrogen and oxygen atoms in total. The minimum Gasteiger partial charge on any atom is -0.497 e. The predicted octanol–water partition coefficient (Wildman–Crippen LogP) is 3.36. The molecule has 0 saturated heterocycles. The lowest BCUT2D eigenvalue weighted by molar-refractivity contribution is 0.265. The topological polar surface area (TPSA) is 21.3 Å². The van der Waals surface area contributed by atoms with Crippen molar-refractivity contribution < 1.29 is 4.74 Å². The van der Waals surface area contributed by atoms with Crippen LogP contribution in [-0.4, -0.2) is 13.2 Å². The van der Waals surface area contributed by atoms with Gasteiger partial charge in [0.25, 0.3) is 0 Å². The number of ether oxygens (including phenoxy) is 1. The second kappa shape index (κ2) is 6.06. The van der Waals surface area contributed by atoms with Gasteiger partial charge in [0.05, 0.1) is 7.11 Å². The summed E-state index contributed by atoms with van der Waals surface area (Å²) in [5.41, 5.74) is 1.33. The highest BCUT2D eigenvalue weighted by atomic mass is 16.5. The van der Waals surface area contributed by atoms with Crippen molar-refractivity contribution in [2.24, 2.45) is 5.92 Å². The van der Waals surface area contributed by atoms with Crippen LogP contribution in [0.15, 0.2) is 24.3 Å². The SMILES string of the molecule is COc1ccc(CNC(C)CC2CCC2)cc1. The first kappa shape index (κ1) is 12.4. The summed E-state index contributed by atoms with van der Waals surface area (Å²) >= 11 is 0. The maximum Gasteiger partial charge on any atom is 0.118 e. The van der Waals surface area contributed by atoms with Crippen LogP contribution in [-0.2, 0) is 6.54 Å². The first-order chi connectivity index (χ1) is 8.28. The molecule has 1 atom stereocenters. The zero-order valence-electron chi connectivity index (χ0n) is 10.9. The summed E-state index contributed by atoms with van der Waals surface area (Å²) in [7, 11) is 1.70. The number of hydrogen-bond donors (Lipinski definition) is 1. The van der Waals surface area contributed by atoms with E-state index < -0.39 is 0 Å². The van der Waals surface area contributed by atoms with Crippen LogP contribution in [0, 0.1) is 5.92 Å². The molecule has 0 amide bonds. The standard InChI is InChI=1S/C15H23NO/c1-12(10-13-4-3-5-13)16-11-14-6-8-15(17-2)9-7-14/h6-9,12-13,16H,3-5,10-11H2,1-2H3. The third-order valence-electron chi connectivity index (χ3n) is 3.73. The number of benzene rings is 1. The summed E-state index contributed by atoms with van der Waals surface area (Å²) in [5, 5.41) is 3.59. The van der Waals surface area contributed by atoms with Crippen molar-refractivity contribution >= 4 is 0 Å². The van der Waals surface area contributed by atoms with E-state index in [9.17, 15) is 0 Å².